The van der Waals surface area contributed by atoms with Crippen molar-refractivity contribution in [1.29, 1.82) is 0 Å². The molecule has 1 aliphatic heterocycles. The van der Waals surface area contributed by atoms with Crippen LogP contribution >= 0.6 is 12.4 Å². The van der Waals surface area contributed by atoms with Crippen molar-refractivity contribution in [2.45, 2.75) is 56.8 Å². The smallest absolute Gasteiger partial charge is 0.160 e. The molecule has 2 fully saturated rings. The Morgan fingerprint density at radius 2 is 1.85 bits per heavy atom. The maximum absolute atomic E-state index is 13.6. The molecule has 0 N–H and O–H groups in total. The van der Waals surface area contributed by atoms with Crippen LogP contribution in [0.1, 0.15) is 37.7 Å². The highest BCUT2D eigenvalue weighted by molar-refractivity contribution is 5.85. The van der Waals surface area contributed by atoms with Gasteiger partial charge in [0, 0.05) is 19.1 Å². The summed E-state index contributed by atoms with van der Waals surface area (Å²) in [7, 11) is 3.29. The van der Waals surface area contributed by atoms with E-state index in [1.54, 1.807) is 14.2 Å². The molecule has 1 aliphatic carbocycles. The van der Waals surface area contributed by atoms with Gasteiger partial charge in [0.05, 0.1) is 26.9 Å². The van der Waals surface area contributed by atoms with Gasteiger partial charge >= 0.3 is 0 Å². The van der Waals surface area contributed by atoms with Gasteiger partial charge in [-0.3, -0.25) is 4.90 Å². The fourth-order valence-electron chi connectivity index (χ4n) is 4.10. The van der Waals surface area contributed by atoms with E-state index in [-0.39, 0.29) is 18.5 Å². The number of ether oxygens (including phenoxy) is 3. The Kier molecular flexibility index (Phi) is 8.45. The molecule has 1 heterocycles. The molecule has 1 aromatic carbocycles. The van der Waals surface area contributed by atoms with Crippen LogP contribution in [0.25, 0.3) is 0 Å². The average molecular weight is 388 g/mol. The monoisotopic (exact) mass is 387 g/mol. The first kappa shape index (κ1) is 21.3. The highest BCUT2D eigenvalue weighted by Crippen LogP contribution is 2.30. The number of methoxy groups -OCH3 is 2. The van der Waals surface area contributed by atoms with E-state index in [0.29, 0.717) is 25.6 Å². The van der Waals surface area contributed by atoms with Gasteiger partial charge in [0.2, 0.25) is 0 Å². The number of benzene rings is 1. The van der Waals surface area contributed by atoms with Crippen LogP contribution < -0.4 is 9.47 Å². The third kappa shape index (κ3) is 5.24. The third-order valence-corrected chi connectivity index (χ3v) is 5.47. The van der Waals surface area contributed by atoms with E-state index in [2.05, 4.69) is 11.0 Å². The van der Waals surface area contributed by atoms with E-state index in [1.807, 2.05) is 12.1 Å². The molecule has 3 atom stereocenters. The van der Waals surface area contributed by atoms with E-state index in [0.717, 1.165) is 37.3 Å². The summed E-state index contributed by atoms with van der Waals surface area (Å²) in [6.45, 7) is 2.14. The van der Waals surface area contributed by atoms with E-state index in [9.17, 15) is 4.39 Å². The first-order valence-electron chi connectivity index (χ1n) is 9.42. The van der Waals surface area contributed by atoms with Crippen LogP contribution in [-0.2, 0) is 11.2 Å². The zero-order valence-corrected chi connectivity index (χ0v) is 16.6. The summed E-state index contributed by atoms with van der Waals surface area (Å²) in [4.78, 5) is 2.31. The molecular formula is C20H31ClFNO3. The van der Waals surface area contributed by atoms with Crippen LogP contribution in [-0.4, -0.2) is 57.1 Å². The lowest BCUT2D eigenvalue weighted by Crippen LogP contribution is -2.46. The largest absolute Gasteiger partial charge is 0.493 e. The van der Waals surface area contributed by atoms with Gasteiger partial charge < -0.3 is 14.2 Å². The fraction of sp³-hybridized carbons (Fsp3) is 0.700. The summed E-state index contributed by atoms with van der Waals surface area (Å²) in [5.41, 5.74) is 1.18. The molecular weight excluding hydrogens is 357 g/mol. The molecule has 2 aliphatic rings. The Hall–Kier alpha value is -1.04. The molecule has 0 spiro atoms. The summed E-state index contributed by atoms with van der Waals surface area (Å²) >= 11 is 0. The molecule has 1 saturated heterocycles. The molecule has 0 bridgehead atoms. The van der Waals surface area contributed by atoms with Gasteiger partial charge in [-0.2, -0.15) is 0 Å². The summed E-state index contributed by atoms with van der Waals surface area (Å²) in [6, 6.07) is 6.38. The molecule has 1 aromatic rings. The van der Waals surface area contributed by atoms with E-state index in [4.69, 9.17) is 14.2 Å². The summed E-state index contributed by atoms with van der Waals surface area (Å²) in [5, 5.41) is 0. The molecule has 148 valence electrons. The lowest BCUT2D eigenvalue weighted by Gasteiger charge is -2.37. The number of alkyl halides is 1. The van der Waals surface area contributed by atoms with Crippen molar-refractivity contribution in [1.82, 2.24) is 4.90 Å². The topological polar surface area (TPSA) is 30.9 Å². The van der Waals surface area contributed by atoms with Crippen LogP contribution in [0.15, 0.2) is 18.2 Å². The second-order valence-electron chi connectivity index (χ2n) is 7.08. The van der Waals surface area contributed by atoms with Crippen molar-refractivity contribution in [3.05, 3.63) is 23.8 Å². The zero-order valence-electron chi connectivity index (χ0n) is 15.8. The molecule has 6 heteroatoms. The first-order chi connectivity index (χ1) is 12.2. The van der Waals surface area contributed by atoms with Gasteiger partial charge in [0.1, 0.15) is 6.17 Å². The van der Waals surface area contributed by atoms with Gasteiger partial charge in [-0.25, -0.2) is 4.39 Å². The van der Waals surface area contributed by atoms with Crippen molar-refractivity contribution in [2.24, 2.45) is 0 Å². The van der Waals surface area contributed by atoms with E-state index < -0.39 is 6.17 Å². The maximum Gasteiger partial charge on any atom is 0.160 e. The Morgan fingerprint density at radius 3 is 2.54 bits per heavy atom. The molecule has 3 rings (SSSR count). The minimum absolute atomic E-state index is 0. The van der Waals surface area contributed by atoms with Crippen molar-refractivity contribution < 1.29 is 18.6 Å². The summed E-state index contributed by atoms with van der Waals surface area (Å²) < 4.78 is 30.4. The van der Waals surface area contributed by atoms with Crippen LogP contribution in [0.5, 0.6) is 11.5 Å². The SMILES string of the molecule is COc1ccc(CCO[C@H]2CCCC[C@H]2N2CCC(F)C2)cc1OC.Cl. The van der Waals surface area contributed by atoms with Crippen molar-refractivity contribution in [2.75, 3.05) is 33.9 Å². The normalized spacial score (nSPS) is 26.3. The minimum atomic E-state index is -0.658. The lowest BCUT2D eigenvalue weighted by molar-refractivity contribution is -0.0303. The number of halogens is 2. The van der Waals surface area contributed by atoms with E-state index >= 15 is 0 Å². The number of likely N-dealkylation sites (tertiary alicyclic amines) is 1. The first-order valence-corrected chi connectivity index (χ1v) is 9.42. The number of hydrogen-bond donors (Lipinski definition) is 0. The predicted octanol–water partition coefficient (Wildman–Crippen LogP) is 4.04. The van der Waals surface area contributed by atoms with Gasteiger partial charge in [-0.1, -0.05) is 18.9 Å². The molecule has 1 saturated carbocycles. The maximum atomic E-state index is 13.6. The highest BCUT2D eigenvalue weighted by Gasteiger charge is 2.35. The van der Waals surface area contributed by atoms with Crippen molar-refractivity contribution in [3.8, 4) is 11.5 Å². The second-order valence-corrected chi connectivity index (χ2v) is 7.08. The summed E-state index contributed by atoms with van der Waals surface area (Å²) in [5.74, 6) is 1.50. The van der Waals surface area contributed by atoms with Crippen LogP contribution in [0.2, 0.25) is 0 Å². The van der Waals surface area contributed by atoms with Crippen molar-refractivity contribution >= 4 is 12.4 Å². The Balaban J connectivity index is 0.00000243. The number of nitrogens with zero attached hydrogens (tertiary/aromatic N) is 1. The predicted molar refractivity (Wildman–Crippen MR) is 104 cm³/mol. The zero-order chi connectivity index (χ0) is 17.6. The Labute approximate surface area is 162 Å². The molecule has 4 nitrogen and oxygen atoms in total. The van der Waals surface area contributed by atoms with E-state index in [1.165, 1.54) is 18.4 Å². The van der Waals surface area contributed by atoms with Gasteiger partial charge in [0.25, 0.3) is 0 Å². The van der Waals surface area contributed by atoms with Gasteiger partial charge in [-0.05, 0) is 43.4 Å². The van der Waals surface area contributed by atoms with Gasteiger partial charge in [-0.15, -0.1) is 12.4 Å². The molecule has 0 amide bonds. The van der Waals surface area contributed by atoms with Gasteiger partial charge in [0.15, 0.2) is 11.5 Å². The second kappa shape index (κ2) is 10.3. The molecule has 0 aromatic heterocycles. The van der Waals surface area contributed by atoms with Crippen LogP contribution in [0.3, 0.4) is 0 Å². The molecule has 1 unspecified atom stereocenters. The van der Waals surface area contributed by atoms with Crippen LogP contribution in [0.4, 0.5) is 4.39 Å². The molecule has 0 radical (unpaired) electrons. The fourth-order valence-corrected chi connectivity index (χ4v) is 4.10. The highest BCUT2D eigenvalue weighted by atomic mass is 35.5. The average Bonchev–Trinajstić information content (AvgIpc) is 3.08. The van der Waals surface area contributed by atoms with Crippen LogP contribution in [0, 0.1) is 0 Å². The van der Waals surface area contributed by atoms with Crippen molar-refractivity contribution in [3.63, 3.8) is 0 Å². The minimum Gasteiger partial charge on any atom is -0.493 e. The number of rotatable bonds is 7. The Morgan fingerprint density at radius 1 is 1.08 bits per heavy atom. The molecule has 26 heavy (non-hydrogen) atoms. The standard InChI is InChI=1S/C20H30FNO3.ClH/c1-23-19-8-7-15(13-20(19)24-2)10-12-25-18-6-4-3-5-17(18)22-11-9-16(21)14-22;/h7-8,13,16-18H,3-6,9-12,14H2,1-2H3;1H/t16?,17-,18+;/m1./s1. The quantitative estimate of drug-likeness (QED) is 0.706. The number of hydrogen-bond acceptors (Lipinski definition) is 4. The Bertz CT molecular complexity index is 560. The summed E-state index contributed by atoms with van der Waals surface area (Å²) in [6.07, 6.45) is 5.76. The lowest BCUT2D eigenvalue weighted by atomic mass is 9.91. The third-order valence-electron chi connectivity index (χ3n) is 5.47.